The van der Waals surface area contributed by atoms with Crippen molar-refractivity contribution < 1.29 is 78.5 Å². The van der Waals surface area contributed by atoms with Crippen LogP contribution < -0.4 is 0 Å². The SMILES string of the molecule is CCC1OC(=O)C(C)C(OC2CC(C)(OC)C(O)C(C)O2)C(C)C(OC2OC(C)CC(N(C)C)C2O)C(C)(O)CC(C)/C(=N\OCOCCOC)C(C)C(O)C1(C)O.O. The van der Waals surface area contributed by atoms with Gasteiger partial charge >= 0.3 is 5.97 Å². The van der Waals surface area contributed by atoms with E-state index in [2.05, 4.69) is 5.16 Å². The fraction of sp³-hybridized carbons (Fsp3) is 0.951. The van der Waals surface area contributed by atoms with Gasteiger partial charge in [0, 0.05) is 44.4 Å². The van der Waals surface area contributed by atoms with Crippen LogP contribution in [0.3, 0.4) is 0 Å². The largest absolute Gasteiger partial charge is 0.459 e. The summed E-state index contributed by atoms with van der Waals surface area (Å²) in [6, 6.07) is -0.328. The van der Waals surface area contributed by atoms with Gasteiger partial charge in [-0.1, -0.05) is 32.9 Å². The molecule has 0 saturated carbocycles. The van der Waals surface area contributed by atoms with Crippen LogP contribution in [-0.4, -0.2) is 180 Å². The molecule has 18 atom stereocenters. The van der Waals surface area contributed by atoms with Crippen molar-refractivity contribution >= 4 is 11.7 Å². The number of ether oxygens (including phenoxy) is 8. The van der Waals surface area contributed by atoms with E-state index < -0.39 is 102 Å². The van der Waals surface area contributed by atoms with E-state index in [0.717, 1.165) is 0 Å². The molecular weight excluding hydrogens is 776 g/mol. The molecule has 3 aliphatic rings. The average molecular weight is 855 g/mol. The number of aliphatic hydroxyl groups is 5. The van der Waals surface area contributed by atoms with Gasteiger partial charge in [0.05, 0.1) is 66.6 Å². The minimum Gasteiger partial charge on any atom is -0.459 e. The summed E-state index contributed by atoms with van der Waals surface area (Å²) < 4.78 is 48.1. The molecule has 0 aromatic carbocycles. The molecule has 0 spiro atoms. The number of hydrogen-bond donors (Lipinski definition) is 5. The van der Waals surface area contributed by atoms with Gasteiger partial charge in [-0.3, -0.25) is 4.79 Å². The van der Waals surface area contributed by atoms with E-state index in [-0.39, 0.29) is 50.3 Å². The number of hydrogen-bond acceptors (Lipinski definition) is 17. The zero-order chi connectivity index (χ0) is 43.9. The second-order valence-corrected chi connectivity index (χ2v) is 17.7. The van der Waals surface area contributed by atoms with E-state index in [1.807, 2.05) is 32.8 Å². The molecule has 0 amide bonds. The van der Waals surface area contributed by atoms with Crippen LogP contribution in [0.25, 0.3) is 0 Å². The molecule has 348 valence electrons. The predicted molar refractivity (Wildman–Crippen MR) is 216 cm³/mol. The molecule has 18 nitrogen and oxygen atoms in total. The van der Waals surface area contributed by atoms with Gasteiger partial charge in [0.1, 0.15) is 23.9 Å². The predicted octanol–water partition coefficient (Wildman–Crippen LogP) is 1.38. The summed E-state index contributed by atoms with van der Waals surface area (Å²) in [6.45, 7) is 17.3. The number of aliphatic hydroxyl groups excluding tert-OH is 3. The maximum Gasteiger partial charge on any atom is 0.311 e. The summed E-state index contributed by atoms with van der Waals surface area (Å²) in [6.07, 6.45) is -9.49. The van der Waals surface area contributed by atoms with E-state index >= 15 is 0 Å². The van der Waals surface area contributed by atoms with Crippen molar-refractivity contribution in [3.63, 3.8) is 0 Å². The van der Waals surface area contributed by atoms with Crippen molar-refractivity contribution in [2.24, 2.45) is 28.8 Å². The molecule has 0 aromatic heterocycles. The number of nitrogens with zero attached hydrogens (tertiary/aromatic N) is 2. The van der Waals surface area contributed by atoms with Crippen molar-refractivity contribution in [2.75, 3.05) is 48.3 Å². The maximum atomic E-state index is 14.3. The highest BCUT2D eigenvalue weighted by Gasteiger charge is 2.53. The summed E-state index contributed by atoms with van der Waals surface area (Å²) in [5.41, 5.74) is -4.49. The highest BCUT2D eigenvalue weighted by Crippen LogP contribution is 2.41. The number of carbonyl (C=O) groups is 1. The molecule has 0 bridgehead atoms. The first-order valence-electron chi connectivity index (χ1n) is 20.8. The van der Waals surface area contributed by atoms with Gasteiger partial charge in [0.25, 0.3) is 0 Å². The number of esters is 1. The van der Waals surface area contributed by atoms with Crippen LogP contribution in [0.2, 0.25) is 0 Å². The number of rotatable bonds is 13. The molecule has 0 aromatic rings. The minimum atomic E-state index is -1.97. The van der Waals surface area contributed by atoms with Gasteiger partial charge in [-0.25, -0.2) is 0 Å². The van der Waals surface area contributed by atoms with Gasteiger partial charge in [0.15, 0.2) is 12.6 Å². The molecule has 3 aliphatic heterocycles. The van der Waals surface area contributed by atoms with E-state index in [4.69, 9.17) is 42.7 Å². The van der Waals surface area contributed by atoms with Crippen LogP contribution in [0, 0.1) is 23.7 Å². The number of cyclic esters (lactones) is 1. The molecule has 3 heterocycles. The Labute approximate surface area is 351 Å². The quantitative estimate of drug-likeness (QED) is 0.0760. The van der Waals surface area contributed by atoms with Gasteiger partial charge in [0.2, 0.25) is 6.79 Å². The van der Waals surface area contributed by atoms with Crippen LogP contribution in [0.1, 0.15) is 94.9 Å². The first kappa shape index (κ1) is 53.5. The molecule has 18 unspecified atom stereocenters. The number of likely N-dealkylation sites (N-methyl/N-ethyl adjacent to an activating group) is 1. The highest BCUT2D eigenvalue weighted by atomic mass is 16.7. The van der Waals surface area contributed by atoms with Gasteiger partial charge < -0.3 is 78.6 Å². The molecule has 3 fully saturated rings. The summed E-state index contributed by atoms with van der Waals surface area (Å²) in [5.74, 6) is -4.14. The van der Waals surface area contributed by atoms with Gasteiger partial charge in [-0.2, -0.15) is 0 Å². The van der Waals surface area contributed by atoms with Crippen molar-refractivity contribution in [2.45, 2.75) is 179 Å². The van der Waals surface area contributed by atoms with Crippen LogP contribution >= 0.6 is 0 Å². The van der Waals surface area contributed by atoms with E-state index in [9.17, 15) is 30.3 Å². The zero-order valence-electron chi connectivity index (χ0n) is 37.8. The lowest BCUT2D eigenvalue weighted by Crippen LogP contribution is -2.61. The Hall–Kier alpha value is -1.62. The lowest BCUT2D eigenvalue weighted by Gasteiger charge is -2.49. The first-order chi connectivity index (χ1) is 27.0. The number of oxime groups is 1. The average Bonchev–Trinajstić information content (AvgIpc) is 3.15. The second kappa shape index (κ2) is 22.6. The fourth-order valence-electron chi connectivity index (χ4n) is 8.93. The van der Waals surface area contributed by atoms with Crippen LogP contribution in [0.15, 0.2) is 5.16 Å². The Kier molecular flexibility index (Phi) is 20.5. The Morgan fingerprint density at radius 3 is 2.12 bits per heavy atom. The Morgan fingerprint density at radius 2 is 1.54 bits per heavy atom. The minimum absolute atomic E-state index is 0. The number of methoxy groups -OCH3 is 2. The molecule has 0 aliphatic carbocycles. The molecule has 18 heteroatoms. The summed E-state index contributed by atoms with van der Waals surface area (Å²) in [4.78, 5) is 21.8. The Balaban J connectivity index is 0.0000120. The molecule has 0 radical (unpaired) electrons. The first-order valence-corrected chi connectivity index (χ1v) is 20.8. The van der Waals surface area contributed by atoms with E-state index in [1.54, 1.807) is 55.6 Å². The summed E-state index contributed by atoms with van der Waals surface area (Å²) in [7, 11) is 6.76. The molecule has 59 heavy (non-hydrogen) atoms. The standard InChI is InChI=1S/C41H76N2O15.H2O/c1-15-29-41(10,49)34(45)24(4)31(42-53-21-52-17-16-50-13)22(2)19-39(8,48)36(58-38-32(44)28(43(11)12)18-23(3)54-38)25(5)33(26(6)37(47)56-29)57-30-20-40(9,51-14)35(46)27(7)55-30;/h22-30,32-36,38,44-46,48-49H,15-21H2,1-14H3;1H2/b42-31+;. The lowest BCUT2D eigenvalue weighted by molar-refractivity contribution is -0.317. The van der Waals surface area contributed by atoms with E-state index in [0.29, 0.717) is 18.7 Å². The molecule has 3 saturated heterocycles. The smallest absolute Gasteiger partial charge is 0.311 e. The van der Waals surface area contributed by atoms with Gasteiger partial charge in [-0.15, -0.1) is 0 Å². The maximum absolute atomic E-state index is 14.3. The van der Waals surface area contributed by atoms with Gasteiger partial charge in [-0.05, 0) is 74.9 Å². The molecule has 3 rings (SSSR count). The Morgan fingerprint density at radius 1 is 0.898 bits per heavy atom. The lowest BCUT2D eigenvalue weighted by atomic mass is 9.73. The van der Waals surface area contributed by atoms with Crippen molar-refractivity contribution in [1.82, 2.24) is 4.90 Å². The monoisotopic (exact) mass is 855 g/mol. The van der Waals surface area contributed by atoms with Crippen LogP contribution in [0.4, 0.5) is 0 Å². The van der Waals surface area contributed by atoms with E-state index in [1.165, 1.54) is 14.0 Å². The van der Waals surface area contributed by atoms with Crippen molar-refractivity contribution in [3.05, 3.63) is 0 Å². The van der Waals surface area contributed by atoms with Crippen molar-refractivity contribution in [3.8, 4) is 0 Å². The zero-order valence-corrected chi connectivity index (χ0v) is 37.8. The third-order valence-corrected chi connectivity index (χ3v) is 12.6. The summed E-state index contributed by atoms with van der Waals surface area (Å²) in [5, 5.41) is 63.6. The van der Waals surface area contributed by atoms with Crippen LogP contribution in [-0.2, 0) is 47.5 Å². The third kappa shape index (κ3) is 13.0. The third-order valence-electron chi connectivity index (χ3n) is 12.6. The molecular formula is C41H78N2O16. The summed E-state index contributed by atoms with van der Waals surface area (Å²) >= 11 is 0. The Bertz CT molecular complexity index is 1310. The van der Waals surface area contributed by atoms with Crippen LogP contribution in [0.5, 0.6) is 0 Å². The number of carbonyl (C=O) groups excluding carboxylic acids is 1. The normalized spacial score (nSPS) is 45.1. The highest BCUT2D eigenvalue weighted by molar-refractivity contribution is 5.88. The molecule has 7 N–H and O–H groups in total. The second-order valence-electron chi connectivity index (χ2n) is 17.7. The fourth-order valence-corrected chi connectivity index (χ4v) is 8.93. The van der Waals surface area contributed by atoms with Crippen molar-refractivity contribution in [1.29, 1.82) is 0 Å². The topological polar surface area (TPSA) is 248 Å².